The van der Waals surface area contributed by atoms with Crippen molar-refractivity contribution in [2.75, 3.05) is 39.2 Å². The minimum atomic E-state index is -0.151. The number of likely N-dealkylation sites (tertiary alicyclic amines) is 1. The van der Waals surface area contributed by atoms with E-state index < -0.39 is 0 Å². The van der Waals surface area contributed by atoms with Crippen LogP contribution < -0.4 is 14.8 Å². The predicted octanol–water partition coefficient (Wildman–Crippen LogP) is 3.82. The van der Waals surface area contributed by atoms with Crippen LogP contribution in [0.4, 0.5) is 10.5 Å². The summed E-state index contributed by atoms with van der Waals surface area (Å²) in [4.78, 5) is 17.4. The quantitative estimate of drug-likeness (QED) is 0.782. The van der Waals surface area contributed by atoms with E-state index in [2.05, 4.69) is 17.1 Å². The Morgan fingerprint density at radius 2 is 1.89 bits per heavy atom. The number of benzene rings is 1. The van der Waals surface area contributed by atoms with Crippen LogP contribution in [0.3, 0.4) is 0 Å². The van der Waals surface area contributed by atoms with Crippen molar-refractivity contribution < 1.29 is 18.7 Å². The number of carbonyl (C=O) groups is 1. The van der Waals surface area contributed by atoms with E-state index in [1.165, 1.54) is 0 Å². The smallest absolute Gasteiger partial charge is 0.322 e. The van der Waals surface area contributed by atoms with Crippen molar-refractivity contribution in [3.8, 4) is 11.5 Å². The predicted molar refractivity (Wildman–Crippen MR) is 108 cm³/mol. The molecule has 2 amide bonds. The number of nitrogens with one attached hydrogen (secondary N) is 1. The highest BCUT2D eigenvalue weighted by Crippen LogP contribution is 2.27. The topological polar surface area (TPSA) is 67.2 Å². The van der Waals surface area contributed by atoms with Crippen molar-refractivity contribution >= 4 is 11.7 Å². The minimum Gasteiger partial charge on any atom is -0.497 e. The number of methoxy groups -OCH3 is 2. The zero-order valence-electron chi connectivity index (χ0n) is 16.8. The van der Waals surface area contributed by atoms with Crippen molar-refractivity contribution in [2.24, 2.45) is 0 Å². The third kappa shape index (κ3) is 4.98. The molecule has 1 saturated heterocycles. The summed E-state index contributed by atoms with van der Waals surface area (Å²) in [7, 11) is 3.18. The number of hydrogen-bond donors (Lipinski definition) is 1. The van der Waals surface area contributed by atoms with Gasteiger partial charge < -0.3 is 29.0 Å². The van der Waals surface area contributed by atoms with Gasteiger partial charge in [-0.25, -0.2) is 4.79 Å². The van der Waals surface area contributed by atoms with E-state index in [1.807, 2.05) is 17.0 Å². The molecule has 3 rings (SSSR count). The van der Waals surface area contributed by atoms with Crippen LogP contribution in [-0.4, -0.2) is 55.7 Å². The van der Waals surface area contributed by atoms with Gasteiger partial charge in [0.05, 0.1) is 27.0 Å². The van der Waals surface area contributed by atoms with Crippen LogP contribution in [0.1, 0.15) is 25.5 Å². The second-order valence-corrected chi connectivity index (χ2v) is 6.90. The lowest BCUT2D eigenvalue weighted by Gasteiger charge is -2.37. The maximum atomic E-state index is 13.2. The first kappa shape index (κ1) is 20.1. The molecule has 1 aliphatic rings. The van der Waals surface area contributed by atoms with Crippen molar-refractivity contribution in [3.63, 3.8) is 0 Å². The monoisotopic (exact) mass is 387 g/mol. The summed E-state index contributed by atoms with van der Waals surface area (Å²) < 4.78 is 16.1. The van der Waals surface area contributed by atoms with Crippen LogP contribution in [0.5, 0.6) is 11.5 Å². The van der Waals surface area contributed by atoms with Crippen LogP contribution in [0.15, 0.2) is 41.0 Å². The summed E-state index contributed by atoms with van der Waals surface area (Å²) in [5.41, 5.74) is 0.636. The highest BCUT2D eigenvalue weighted by molar-refractivity contribution is 5.90. The van der Waals surface area contributed by atoms with E-state index in [9.17, 15) is 4.79 Å². The molecule has 0 spiro atoms. The first-order chi connectivity index (χ1) is 13.6. The molecule has 0 saturated carbocycles. The van der Waals surface area contributed by atoms with Gasteiger partial charge >= 0.3 is 6.03 Å². The van der Waals surface area contributed by atoms with Gasteiger partial charge in [-0.05, 0) is 31.5 Å². The molecule has 7 nitrogen and oxygen atoms in total. The van der Waals surface area contributed by atoms with Crippen LogP contribution in [0, 0.1) is 0 Å². The molecular weight excluding hydrogens is 358 g/mol. The standard InChI is InChI=1S/C21H29N3O4/c1-4-23-9-7-17(8-10-23)24(15-18-6-5-11-28-18)21(25)22-16-12-19(26-2)14-20(13-16)27-3/h5-6,11-14,17H,4,7-10,15H2,1-3H3,(H,22,25). The van der Waals surface area contributed by atoms with E-state index in [0.717, 1.165) is 38.2 Å². The van der Waals surface area contributed by atoms with Crippen molar-refractivity contribution in [1.82, 2.24) is 9.80 Å². The largest absolute Gasteiger partial charge is 0.497 e. The number of furan rings is 1. The second kappa shape index (κ2) is 9.50. The highest BCUT2D eigenvalue weighted by atomic mass is 16.5. The highest BCUT2D eigenvalue weighted by Gasteiger charge is 2.28. The Bertz CT molecular complexity index is 733. The Morgan fingerprint density at radius 3 is 2.43 bits per heavy atom. The Morgan fingerprint density at radius 1 is 1.21 bits per heavy atom. The molecule has 0 bridgehead atoms. The third-order valence-corrected chi connectivity index (χ3v) is 5.21. The number of anilines is 1. The fraction of sp³-hybridized carbons (Fsp3) is 0.476. The Labute approximate surface area is 166 Å². The van der Waals surface area contributed by atoms with Crippen molar-refractivity contribution in [1.29, 1.82) is 0 Å². The van der Waals surface area contributed by atoms with Gasteiger partial charge in [-0.2, -0.15) is 0 Å². The van der Waals surface area contributed by atoms with Gasteiger partial charge in [0, 0.05) is 43.0 Å². The summed E-state index contributed by atoms with van der Waals surface area (Å²) in [6, 6.07) is 9.10. The number of amides is 2. The van der Waals surface area contributed by atoms with Crippen molar-refractivity contribution in [2.45, 2.75) is 32.4 Å². The lowest BCUT2D eigenvalue weighted by atomic mass is 10.0. The molecule has 0 radical (unpaired) electrons. The lowest BCUT2D eigenvalue weighted by Crippen LogP contribution is -2.48. The molecule has 7 heteroatoms. The minimum absolute atomic E-state index is 0.151. The average molecular weight is 387 g/mol. The summed E-state index contributed by atoms with van der Waals surface area (Å²) >= 11 is 0. The maximum Gasteiger partial charge on any atom is 0.322 e. The summed E-state index contributed by atoms with van der Waals surface area (Å²) in [5, 5.41) is 3.00. The van der Waals surface area contributed by atoms with Gasteiger partial charge in [-0.1, -0.05) is 6.92 Å². The van der Waals surface area contributed by atoms with Crippen molar-refractivity contribution in [3.05, 3.63) is 42.4 Å². The molecule has 0 unspecified atom stereocenters. The van der Waals surface area contributed by atoms with E-state index in [1.54, 1.807) is 38.7 Å². The lowest BCUT2D eigenvalue weighted by molar-refractivity contribution is 0.121. The van der Waals surface area contributed by atoms with E-state index in [0.29, 0.717) is 23.7 Å². The molecule has 2 aromatic rings. The number of urea groups is 1. The van der Waals surface area contributed by atoms with Crippen LogP contribution in [0.2, 0.25) is 0 Å². The van der Waals surface area contributed by atoms with Gasteiger partial charge in [0.1, 0.15) is 17.3 Å². The average Bonchev–Trinajstić information content (AvgIpc) is 3.25. The zero-order chi connectivity index (χ0) is 19.9. The van der Waals surface area contributed by atoms with E-state index >= 15 is 0 Å². The van der Waals surface area contributed by atoms with Crippen LogP contribution in [-0.2, 0) is 6.54 Å². The molecule has 1 aliphatic heterocycles. The summed E-state index contributed by atoms with van der Waals surface area (Å²) in [6.45, 7) is 5.65. The molecule has 1 aromatic carbocycles. The molecule has 28 heavy (non-hydrogen) atoms. The molecule has 1 N–H and O–H groups in total. The number of hydrogen-bond acceptors (Lipinski definition) is 5. The Hall–Kier alpha value is -2.67. The van der Waals surface area contributed by atoms with Gasteiger partial charge in [0.15, 0.2) is 0 Å². The Kier molecular flexibility index (Phi) is 6.81. The molecule has 0 aliphatic carbocycles. The second-order valence-electron chi connectivity index (χ2n) is 6.90. The maximum absolute atomic E-state index is 13.2. The van der Waals surface area contributed by atoms with Gasteiger partial charge in [-0.3, -0.25) is 0 Å². The number of carbonyl (C=O) groups excluding carboxylic acids is 1. The molecular formula is C21H29N3O4. The molecule has 1 fully saturated rings. The third-order valence-electron chi connectivity index (χ3n) is 5.21. The number of nitrogens with zero attached hydrogens (tertiary/aromatic N) is 2. The fourth-order valence-corrected chi connectivity index (χ4v) is 3.56. The van der Waals surface area contributed by atoms with E-state index in [-0.39, 0.29) is 12.1 Å². The summed E-state index contributed by atoms with van der Waals surface area (Å²) in [6.07, 6.45) is 3.53. The summed E-state index contributed by atoms with van der Waals surface area (Å²) in [5.74, 6) is 2.03. The first-order valence-corrected chi connectivity index (χ1v) is 9.68. The Balaban J connectivity index is 1.76. The number of ether oxygens (including phenoxy) is 2. The van der Waals surface area contributed by atoms with E-state index in [4.69, 9.17) is 13.9 Å². The number of piperidine rings is 1. The van der Waals surface area contributed by atoms with Gasteiger partial charge in [0.2, 0.25) is 0 Å². The first-order valence-electron chi connectivity index (χ1n) is 9.68. The van der Waals surface area contributed by atoms with Crippen LogP contribution >= 0.6 is 0 Å². The zero-order valence-corrected chi connectivity index (χ0v) is 16.8. The van der Waals surface area contributed by atoms with Gasteiger partial charge in [-0.15, -0.1) is 0 Å². The normalized spacial score (nSPS) is 15.2. The molecule has 0 atom stereocenters. The fourth-order valence-electron chi connectivity index (χ4n) is 3.56. The molecule has 2 heterocycles. The van der Waals surface area contributed by atoms with Crippen LogP contribution in [0.25, 0.3) is 0 Å². The SMILES string of the molecule is CCN1CCC(N(Cc2ccco2)C(=O)Nc2cc(OC)cc(OC)c2)CC1. The molecule has 1 aromatic heterocycles. The number of rotatable bonds is 7. The molecule has 152 valence electrons. The van der Waals surface area contributed by atoms with Gasteiger partial charge in [0.25, 0.3) is 0 Å².